The number of methoxy groups -OCH3 is 1. The minimum absolute atomic E-state index is 0.297. The van der Waals surface area contributed by atoms with Crippen LogP contribution in [-0.2, 0) is 0 Å². The molecule has 2 rings (SSSR count). The van der Waals surface area contributed by atoms with Crippen molar-refractivity contribution in [3.63, 3.8) is 0 Å². The third-order valence-corrected chi connectivity index (χ3v) is 4.44. The van der Waals surface area contributed by atoms with Crippen LogP contribution in [0.1, 0.15) is 38.3 Å². The van der Waals surface area contributed by atoms with E-state index in [0.29, 0.717) is 22.7 Å². The molecular weight excluding hydrogens is 281 g/mol. The van der Waals surface area contributed by atoms with Crippen LogP contribution in [0.3, 0.4) is 0 Å². The van der Waals surface area contributed by atoms with Crippen LogP contribution in [0.2, 0.25) is 10.0 Å². The van der Waals surface area contributed by atoms with Crippen molar-refractivity contribution in [2.45, 2.75) is 32.7 Å². The van der Waals surface area contributed by atoms with Crippen LogP contribution in [0.15, 0.2) is 12.1 Å². The van der Waals surface area contributed by atoms with Crippen molar-refractivity contribution < 1.29 is 4.74 Å². The molecule has 0 radical (unpaired) electrons. The lowest BCUT2D eigenvalue weighted by Gasteiger charge is -2.21. The second-order valence-electron chi connectivity index (χ2n) is 5.32. The SMILES string of the molecule is CCCNC(c1cc(Cl)c(OC)cc1Cl)C1CC1C. The largest absolute Gasteiger partial charge is 0.495 e. The van der Waals surface area contributed by atoms with Gasteiger partial charge in [0, 0.05) is 17.1 Å². The van der Waals surface area contributed by atoms with Gasteiger partial charge in [-0.15, -0.1) is 0 Å². The van der Waals surface area contributed by atoms with Crippen molar-refractivity contribution in [1.82, 2.24) is 5.32 Å². The average Bonchev–Trinajstić information content (AvgIpc) is 3.10. The summed E-state index contributed by atoms with van der Waals surface area (Å²) in [7, 11) is 1.60. The van der Waals surface area contributed by atoms with Gasteiger partial charge in [0.2, 0.25) is 0 Å². The van der Waals surface area contributed by atoms with E-state index in [1.165, 1.54) is 6.42 Å². The Hall–Kier alpha value is -0.440. The summed E-state index contributed by atoms with van der Waals surface area (Å²) in [5, 5.41) is 4.95. The van der Waals surface area contributed by atoms with Crippen molar-refractivity contribution >= 4 is 23.2 Å². The lowest BCUT2D eigenvalue weighted by Crippen LogP contribution is -2.24. The van der Waals surface area contributed by atoms with Gasteiger partial charge in [-0.1, -0.05) is 37.0 Å². The number of ether oxygens (including phenoxy) is 1. The third kappa shape index (κ3) is 3.36. The first-order valence-electron chi connectivity index (χ1n) is 6.84. The Bertz CT molecular complexity index is 450. The fraction of sp³-hybridized carbons (Fsp3) is 0.600. The van der Waals surface area contributed by atoms with Crippen LogP contribution in [-0.4, -0.2) is 13.7 Å². The third-order valence-electron chi connectivity index (χ3n) is 3.82. The second-order valence-corrected chi connectivity index (χ2v) is 6.13. The van der Waals surface area contributed by atoms with Gasteiger partial charge in [0.1, 0.15) is 5.75 Å². The summed E-state index contributed by atoms with van der Waals surface area (Å²) in [5.41, 5.74) is 1.09. The Kier molecular flexibility index (Phi) is 4.99. The molecule has 1 N–H and O–H groups in total. The first-order chi connectivity index (χ1) is 9.08. The van der Waals surface area contributed by atoms with Gasteiger partial charge in [-0.05, 0) is 42.9 Å². The summed E-state index contributed by atoms with van der Waals surface area (Å²) in [5.74, 6) is 2.05. The number of halogens is 2. The van der Waals surface area contributed by atoms with Crippen LogP contribution >= 0.6 is 23.2 Å². The Morgan fingerprint density at radius 2 is 2.05 bits per heavy atom. The summed E-state index contributed by atoms with van der Waals surface area (Å²) in [4.78, 5) is 0. The maximum absolute atomic E-state index is 6.39. The van der Waals surface area contributed by atoms with Crippen LogP contribution in [0, 0.1) is 11.8 Å². The summed E-state index contributed by atoms with van der Waals surface area (Å²) in [6, 6.07) is 4.06. The van der Waals surface area contributed by atoms with Gasteiger partial charge in [0.15, 0.2) is 0 Å². The van der Waals surface area contributed by atoms with E-state index in [0.717, 1.165) is 29.5 Å². The molecule has 0 aromatic heterocycles. The summed E-state index contributed by atoms with van der Waals surface area (Å²) in [6.45, 7) is 5.45. The minimum atomic E-state index is 0.297. The van der Waals surface area contributed by atoms with Crippen molar-refractivity contribution in [2.24, 2.45) is 11.8 Å². The van der Waals surface area contributed by atoms with E-state index in [1.54, 1.807) is 7.11 Å². The smallest absolute Gasteiger partial charge is 0.138 e. The molecule has 1 aromatic carbocycles. The zero-order valence-electron chi connectivity index (χ0n) is 11.7. The molecule has 0 spiro atoms. The highest BCUT2D eigenvalue weighted by atomic mass is 35.5. The normalized spacial score (nSPS) is 23.2. The first kappa shape index (κ1) is 15.0. The fourth-order valence-corrected chi connectivity index (χ4v) is 3.07. The van der Waals surface area contributed by atoms with Crippen LogP contribution < -0.4 is 10.1 Å². The molecule has 0 saturated heterocycles. The molecule has 1 aliphatic carbocycles. The molecule has 1 aliphatic rings. The predicted octanol–water partition coefficient (Wildman–Crippen LogP) is 4.70. The quantitative estimate of drug-likeness (QED) is 0.822. The number of rotatable bonds is 6. The average molecular weight is 302 g/mol. The molecule has 0 aliphatic heterocycles. The van der Waals surface area contributed by atoms with Crippen molar-refractivity contribution in [1.29, 1.82) is 0 Å². The van der Waals surface area contributed by atoms with E-state index < -0.39 is 0 Å². The molecule has 1 aromatic rings. The Morgan fingerprint density at radius 3 is 2.58 bits per heavy atom. The molecular formula is C15H21Cl2NO. The monoisotopic (exact) mass is 301 g/mol. The molecule has 3 unspecified atom stereocenters. The topological polar surface area (TPSA) is 21.3 Å². The van der Waals surface area contributed by atoms with Gasteiger partial charge in [0.05, 0.1) is 12.1 Å². The number of hydrogen-bond donors (Lipinski definition) is 1. The minimum Gasteiger partial charge on any atom is -0.495 e. The molecule has 19 heavy (non-hydrogen) atoms. The Morgan fingerprint density at radius 1 is 1.37 bits per heavy atom. The van der Waals surface area contributed by atoms with Crippen LogP contribution in [0.25, 0.3) is 0 Å². The number of benzene rings is 1. The maximum atomic E-state index is 6.39. The van der Waals surface area contributed by atoms with Crippen LogP contribution in [0.4, 0.5) is 0 Å². The molecule has 1 fully saturated rings. The van der Waals surface area contributed by atoms with Crippen molar-refractivity contribution in [3.8, 4) is 5.75 Å². The fourth-order valence-electron chi connectivity index (χ4n) is 2.55. The van der Waals surface area contributed by atoms with E-state index in [2.05, 4.69) is 19.2 Å². The zero-order chi connectivity index (χ0) is 14.0. The van der Waals surface area contributed by atoms with Crippen LogP contribution in [0.5, 0.6) is 5.75 Å². The summed E-state index contributed by atoms with van der Waals surface area (Å²) in [6.07, 6.45) is 2.36. The highest BCUT2D eigenvalue weighted by Crippen LogP contribution is 2.49. The molecule has 1 saturated carbocycles. The van der Waals surface area contributed by atoms with Gasteiger partial charge >= 0.3 is 0 Å². The molecule has 0 amide bonds. The van der Waals surface area contributed by atoms with Gasteiger partial charge in [-0.3, -0.25) is 0 Å². The molecule has 0 bridgehead atoms. The zero-order valence-corrected chi connectivity index (χ0v) is 13.2. The highest BCUT2D eigenvalue weighted by molar-refractivity contribution is 6.34. The lowest BCUT2D eigenvalue weighted by molar-refractivity contribution is 0.413. The van der Waals surface area contributed by atoms with E-state index in [-0.39, 0.29) is 0 Å². The van der Waals surface area contributed by atoms with Gasteiger partial charge < -0.3 is 10.1 Å². The molecule has 3 atom stereocenters. The van der Waals surface area contributed by atoms with Gasteiger partial charge in [0.25, 0.3) is 0 Å². The van der Waals surface area contributed by atoms with E-state index in [9.17, 15) is 0 Å². The standard InChI is InChI=1S/C15H21Cl2NO/c1-4-5-18-15(10-6-9(10)2)11-7-13(17)14(19-3)8-12(11)16/h7-10,15,18H,4-6H2,1-3H3. The van der Waals surface area contributed by atoms with Gasteiger partial charge in [-0.25, -0.2) is 0 Å². The van der Waals surface area contributed by atoms with E-state index >= 15 is 0 Å². The van der Waals surface area contributed by atoms with Gasteiger partial charge in [-0.2, -0.15) is 0 Å². The predicted molar refractivity (Wildman–Crippen MR) is 81.3 cm³/mol. The van der Waals surface area contributed by atoms with E-state index in [1.807, 2.05) is 12.1 Å². The molecule has 106 valence electrons. The van der Waals surface area contributed by atoms with Crippen molar-refractivity contribution in [2.75, 3.05) is 13.7 Å². The Labute approximate surface area is 125 Å². The molecule has 4 heteroatoms. The molecule has 2 nitrogen and oxygen atoms in total. The first-order valence-corrected chi connectivity index (χ1v) is 7.60. The summed E-state index contributed by atoms with van der Waals surface area (Å²) < 4.78 is 5.20. The Balaban J connectivity index is 2.28. The summed E-state index contributed by atoms with van der Waals surface area (Å²) >= 11 is 12.6. The maximum Gasteiger partial charge on any atom is 0.138 e. The van der Waals surface area contributed by atoms with Crippen molar-refractivity contribution in [3.05, 3.63) is 27.7 Å². The number of hydrogen-bond acceptors (Lipinski definition) is 2. The van der Waals surface area contributed by atoms with E-state index in [4.69, 9.17) is 27.9 Å². The second kappa shape index (κ2) is 6.34. The lowest BCUT2D eigenvalue weighted by atomic mass is 10.0. The number of nitrogens with one attached hydrogen (secondary N) is 1. The molecule has 0 heterocycles. The highest BCUT2D eigenvalue weighted by Gasteiger charge is 2.40.